The topological polar surface area (TPSA) is 53.4 Å². The highest BCUT2D eigenvalue weighted by Gasteiger charge is 2.37. The maximum Gasteiger partial charge on any atom is 0.226 e. The maximum absolute atomic E-state index is 12.9. The minimum Gasteiger partial charge on any atom is -0.332 e. The molecule has 1 saturated carbocycles. The molecule has 2 atom stereocenters. The molecule has 1 unspecified atom stereocenters. The largest absolute Gasteiger partial charge is 0.332 e. The van der Waals surface area contributed by atoms with Crippen LogP contribution in [0.15, 0.2) is 36.5 Å². The van der Waals surface area contributed by atoms with E-state index in [-0.39, 0.29) is 5.92 Å². The van der Waals surface area contributed by atoms with Gasteiger partial charge in [0.2, 0.25) is 5.91 Å². The molecule has 2 aliphatic rings. The molecule has 0 spiro atoms. The molecular formula is C21H29N4O+. The number of likely N-dealkylation sites (tertiary alicyclic amines) is 1. The van der Waals surface area contributed by atoms with Crippen molar-refractivity contribution in [3.05, 3.63) is 42.1 Å². The van der Waals surface area contributed by atoms with E-state index in [0.29, 0.717) is 18.5 Å². The number of H-pyrrole nitrogens is 1. The third-order valence-corrected chi connectivity index (χ3v) is 5.90. The Morgan fingerprint density at radius 1 is 1.27 bits per heavy atom. The van der Waals surface area contributed by atoms with Crippen LogP contribution in [0.25, 0.3) is 11.3 Å². The molecule has 0 radical (unpaired) electrons. The number of hydrogen-bond donors (Lipinski definition) is 2. The normalized spacial score (nSPS) is 22.5. The Balaban J connectivity index is 1.54. The van der Waals surface area contributed by atoms with Gasteiger partial charge in [-0.25, -0.2) is 0 Å². The summed E-state index contributed by atoms with van der Waals surface area (Å²) in [5, 5.41) is 7.40. The Bertz CT molecular complexity index is 737. The van der Waals surface area contributed by atoms with E-state index in [2.05, 4.69) is 34.2 Å². The van der Waals surface area contributed by atoms with Gasteiger partial charge in [0.25, 0.3) is 0 Å². The van der Waals surface area contributed by atoms with E-state index in [0.717, 1.165) is 42.8 Å². The second-order valence-corrected chi connectivity index (χ2v) is 7.73. The smallest absolute Gasteiger partial charge is 0.226 e. The van der Waals surface area contributed by atoms with Crippen molar-refractivity contribution in [1.82, 2.24) is 15.1 Å². The molecule has 4 rings (SSSR count). The Kier molecular flexibility index (Phi) is 5.07. The Hall–Kier alpha value is -2.14. The third-order valence-electron chi connectivity index (χ3n) is 5.90. The summed E-state index contributed by atoms with van der Waals surface area (Å²) < 4.78 is 0. The number of carbonyl (C=O) groups excluding carboxylic acids is 1. The monoisotopic (exact) mass is 353 g/mol. The van der Waals surface area contributed by atoms with Gasteiger partial charge in [-0.2, -0.15) is 5.10 Å². The van der Waals surface area contributed by atoms with Crippen LogP contribution in [0.4, 0.5) is 0 Å². The number of benzene rings is 1. The molecule has 5 nitrogen and oxygen atoms in total. The summed E-state index contributed by atoms with van der Waals surface area (Å²) in [5.74, 6) is 0.598. The summed E-state index contributed by atoms with van der Waals surface area (Å²) >= 11 is 0. The van der Waals surface area contributed by atoms with E-state index in [1.54, 1.807) is 4.90 Å². The minimum atomic E-state index is 0.258. The van der Waals surface area contributed by atoms with Gasteiger partial charge in [0, 0.05) is 30.9 Å². The lowest BCUT2D eigenvalue weighted by Crippen LogP contribution is -3.14. The number of likely N-dealkylation sites (N-methyl/N-ethyl adjacent to an activating group) is 1. The molecule has 1 amide bonds. The van der Waals surface area contributed by atoms with E-state index in [1.807, 2.05) is 24.4 Å². The van der Waals surface area contributed by atoms with E-state index < -0.39 is 0 Å². The zero-order valence-electron chi connectivity index (χ0n) is 15.6. The van der Waals surface area contributed by atoms with Gasteiger partial charge in [-0.15, -0.1) is 0 Å². The first-order valence-electron chi connectivity index (χ1n) is 9.97. The molecule has 26 heavy (non-hydrogen) atoms. The predicted octanol–water partition coefficient (Wildman–Crippen LogP) is 1.88. The molecular weight excluding hydrogens is 324 g/mol. The van der Waals surface area contributed by atoms with E-state index in [9.17, 15) is 4.79 Å². The lowest BCUT2D eigenvalue weighted by molar-refractivity contribution is -0.909. The van der Waals surface area contributed by atoms with E-state index in [1.165, 1.54) is 19.4 Å². The molecule has 2 aromatic rings. The summed E-state index contributed by atoms with van der Waals surface area (Å²) in [6.07, 6.45) is 6.51. The van der Waals surface area contributed by atoms with Crippen molar-refractivity contribution in [3.8, 4) is 11.3 Å². The van der Waals surface area contributed by atoms with Crippen LogP contribution in [-0.4, -0.2) is 46.7 Å². The fraction of sp³-hybridized carbons (Fsp3) is 0.524. The average Bonchev–Trinajstić information content (AvgIpc) is 3.26. The Labute approximate surface area is 155 Å². The predicted molar refractivity (Wildman–Crippen MR) is 102 cm³/mol. The molecule has 1 aliphatic carbocycles. The molecule has 1 saturated heterocycles. The minimum absolute atomic E-state index is 0.258. The van der Waals surface area contributed by atoms with Crippen molar-refractivity contribution in [1.29, 1.82) is 0 Å². The van der Waals surface area contributed by atoms with Gasteiger partial charge < -0.3 is 9.80 Å². The summed E-state index contributed by atoms with van der Waals surface area (Å²) in [7, 11) is 0. The third kappa shape index (κ3) is 3.68. The van der Waals surface area contributed by atoms with Crippen molar-refractivity contribution in [2.24, 2.45) is 5.92 Å². The molecule has 5 heteroatoms. The van der Waals surface area contributed by atoms with Crippen molar-refractivity contribution in [2.75, 3.05) is 19.6 Å². The van der Waals surface area contributed by atoms with Gasteiger partial charge >= 0.3 is 0 Å². The number of carbonyl (C=O) groups is 1. The quantitative estimate of drug-likeness (QED) is 0.799. The molecule has 0 bridgehead atoms. The molecule has 2 heterocycles. The van der Waals surface area contributed by atoms with Gasteiger partial charge in [0.1, 0.15) is 6.04 Å². The number of nitrogens with one attached hydrogen (secondary N) is 2. The van der Waals surface area contributed by atoms with Gasteiger partial charge in [-0.05, 0) is 25.3 Å². The zero-order chi connectivity index (χ0) is 17.9. The molecule has 1 aromatic carbocycles. The highest BCUT2D eigenvalue weighted by molar-refractivity contribution is 5.81. The van der Waals surface area contributed by atoms with Crippen molar-refractivity contribution >= 4 is 5.91 Å². The SMILES string of the molecule is CC[NH+]1CCC[C@@H]1CN(Cc1cn[nH]c1-c1ccccc1)C(=O)C1CC1. The van der Waals surface area contributed by atoms with Crippen LogP contribution in [0.1, 0.15) is 38.2 Å². The highest BCUT2D eigenvalue weighted by atomic mass is 16.2. The lowest BCUT2D eigenvalue weighted by atomic mass is 10.1. The van der Waals surface area contributed by atoms with Crippen LogP contribution in [0.2, 0.25) is 0 Å². The first kappa shape index (κ1) is 17.3. The number of nitrogens with zero attached hydrogens (tertiary/aromatic N) is 2. The summed E-state index contributed by atoms with van der Waals surface area (Å²) in [5.41, 5.74) is 3.27. The van der Waals surface area contributed by atoms with Gasteiger partial charge in [-0.1, -0.05) is 30.3 Å². The summed E-state index contributed by atoms with van der Waals surface area (Å²) in [6.45, 7) is 6.18. The lowest BCUT2D eigenvalue weighted by Gasteiger charge is -2.28. The summed E-state index contributed by atoms with van der Waals surface area (Å²) in [4.78, 5) is 16.7. The van der Waals surface area contributed by atoms with E-state index in [4.69, 9.17) is 0 Å². The number of amides is 1. The van der Waals surface area contributed by atoms with Crippen molar-refractivity contribution in [2.45, 2.75) is 45.2 Å². The molecule has 2 fully saturated rings. The highest BCUT2D eigenvalue weighted by Crippen LogP contribution is 2.32. The first-order chi connectivity index (χ1) is 12.8. The van der Waals surface area contributed by atoms with Gasteiger partial charge in [-0.3, -0.25) is 9.89 Å². The van der Waals surface area contributed by atoms with Crippen molar-refractivity contribution < 1.29 is 9.69 Å². The van der Waals surface area contributed by atoms with Crippen LogP contribution in [0.5, 0.6) is 0 Å². The number of hydrogen-bond acceptors (Lipinski definition) is 2. The standard InChI is InChI=1S/C21H28N4O/c1-2-24-12-6-9-19(24)15-25(21(26)17-10-11-17)14-18-13-22-23-20(18)16-7-4-3-5-8-16/h3-5,7-8,13,17,19H,2,6,9-12,14-15H2,1H3,(H,22,23)/p+1/t19-/m1/s1. The van der Waals surface area contributed by atoms with Crippen LogP contribution < -0.4 is 4.90 Å². The van der Waals surface area contributed by atoms with E-state index >= 15 is 0 Å². The number of quaternary nitrogens is 1. The average molecular weight is 353 g/mol. The van der Waals surface area contributed by atoms with Gasteiger partial charge in [0.05, 0.1) is 31.5 Å². The Morgan fingerprint density at radius 2 is 2.08 bits per heavy atom. The fourth-order valence-corrected chi connectivity index (χ4v) is 4.25. The number of rotatable bonds is 7. The van der Waals surface area contributed by atoms with Crippen LogP contribution >= 0.6 is 0 Å². The van der Waals surface area contributed by atoms with Crippen LogP contribution in [0, 0.1) is 5.92 Å². The summed E-state index contributed by atoms with van der Waals surface area (Å²) in [6, 6.07) is 10.8. The van der Waals surface area contributed by atoms with Crippen LogP contribution in [0.3, 0.4) is 0 Å². The van der Waals surface area contributed by atoms with Crippen molar-refractivity contribution in [3.63, 3.8) is 0 Å². The second kappa shape index (κ2) is 7.62. The fourth-order valence-electron chi connectivity index (χ4n) is 4.25. The molecule has 1 aromatic heterocycles. The zero-order valence-corrected chi connectivity index (χ0v) is 15.6. The van der Waals surface area contributed by atoms with Crippen LogP contribution in [-0.2, 0) is 11.3 Å². The maximum atomic E-state index is 12.9. The second-order valence-electron chi connectivity index (χ2n) is 7.73. The molecule has 1 aliphatic heterocycles. The molecule has 2 N–H and O–H groups in total. The first-order valence-corrected chi connectivity index (χ1v) is 9.97. The molecule has 138 valence electrons. The Morgan fingerprint density at radius 3 is 2.81 bits per heavy atom. The van der Waals surface area contributed by atoms with Gasteiger partial charge in [0.15, 0.2) is 0 Å². The number of aromatic amines is 1. The number of aromatic nitrogens is 2.